The van der Waals surface area contributed by atoms with Gasteiger partial charge in [-0.15, -0.1) is 11.3 Å². The van der Waals surface area contributed by atoms with E-state index in [9.17, 15) is 14.4 Å². The van der Waals surface area contributed by atoms with Crippen molar-refractivity contribution in [2.24, 2.45) is 5.92 Å². The second-order valence-electron chi connectivity index (χ2n) is 7.10. The molecule has 9 heteroatoms. The van der Waals surface area contributed by atoms with Gasteiger partial charge in [-0.25, -0.2) is 0 Å². The third-order valence-corrected chi connectivity index (χ3v) is 5.74. The van der Waals surface area contributed by atoms with Gasteiger partial charge >= 0.3 is 0 Å². The fraction of sp³-hybridized carbons (Fsp3) is 0.381. The van der Waals surface area contributed by atoms with Gasteiger partial charge in [-0.05, 0) is 42.0 Å². The van der Waals surface area contributed by atoms with Gasteiger partial charge in [-0.1, -0.05) is 50.0 Å². The summed E-state index contributed by atoms with van der Waals surface area (Å²) >= 11 is 13.4. The molecule has 1 heterocycles. The maximum Gasteiger partial charge on any atom is 0.262 e. The first-order valence-electron chi connectivity index (χ1n) is 9.61. The van der Waals surface area contributed by atoms with E-state index in [1.54, 1.807) is 35.7 Å². The number of benzene rings is 1. The fourth-order valence-electron chi connectivity index (χ4n) is 2.82. The molecule has 1 aromatic carbocycles. The SMILES string of the molecule is CCCN(CC(=O)Nc1cc(Cl)ccc1Cl)C(=O)C(NC(=O)c1cccs1)C(C)C. The average Bonchev–Trinajstić information content (AvgIpc) is 3.22. The van der Waals surface area contributed by atoms with Crippen molar-refractivity contribution in [1.82, 2.24) is 10.2 Å². The molecular weight excluding hydrogens is 445 g/mol. The predicted octanol–water partition coefficient (Wildman–Crippen LogP) is 4.69. The minimum absolute atomic E-state index is 0.147. The summed E-state index contributed by atoms with van der Waals surface area (Å²) in [7, 11) is 0. The topological polar surface area (TPSA) is 78.5 Å². The lowest BCUT2D eigenvalue weighted by Gasteiger charge is -2.29. The van der Waals surface area contributed by atoms with Crippen LogP contribution in [-0.4, -0.2) is 41.8 Å². The van der Waals surface area contributed by atoms with Gasteiger partial charge in [0.2, 0.25) is 11.8 Å². The highest BCUT2D eigenvalue weighted by Gasteiger charge is 2.30. The van der Waals surface area contributed by atoms with E-state index in [0.717, 1.165) is 0 Å². The monoisotopic (exact) mass is 469 g/mol. The number of nitrogens with one attached hydrogen (secondary N) is 2. The molecule has 0 radical (unpaired) electrons. The maximum atomic E-state index is 13.2. The van der Waals surface area contributed by atoms with Crippen molar-refractivity contribution in [3.63, 3.8) is 0 Å². The molecule has 0 aliphatic carbocycles. The Hall–Kier alpha value is -2.09. The fourth-order valence-corrected chi connectivity index (χ4v) is 3.79. The van der Waals surface area contributed by atoms with Crippen LogP contribution < -0.4 is 10.6 Å². The third kappa shape index (κ3) is 6.72. The molecule has 6 nitrogen and oxygen atoms in total. The molecule has 162 valence electrons. The summed E-state index contributed by atoms with van der Waals surface area (Å²) < 4.78 is 0. The first-order chi connectivity index (χ1) is 14.2. The summed E-state index contributed by atoms with van der Waals surface area (Å²) in [6, 6.07) is 7.49. The lowest BCUT2D eigenvalue weighted by atomic mass is 10.0. The van der Waals surface area contributed by atoms with Crippen LogP contribution in [0, 0.1) is 5.92 Å². The van der Waals surface area contributed by atoms with E-state index in [-0.39, 0.29) is 24.3 Å². The molecule has 2 N–H and O–H groups in total. The van der Waals surface area contributed by atoms with Crippen molar-refractivity contribution in [1.29, 1.82) is 0 Å². The van der Waals surface area contributed by atoms with Gasteiger partial charge in [-0.3, -0.25) is 14.4 Å². The molecule has 1 unspecified atom stereocenters. The summed E-state index contributed by atoms with van der Waals surface area (Å²) in [5.41, 5.74) is 0.379. The summed E-state index contributed by atoms with van der Waals surface area (Å²) in [6.07, 6.45) is 0.667. The lowest BCUT2D eigenvalue weighted by Crippen LogP contribution is -2.52. The second-order valence-corrected chi connectivity index (χ2v) is 8.90. The summed E-state index contributed by atoms with van der Waals surface area (Å²) in [5.74, 6) is -1.15. The van der Waals surface area contributed by atoms with E-state index >= 15 is 0 Å². The minimum Gasteiger partial charge on any atom is -0.339 e. The number of hydrogen-bond donors (Lipinski definition) is 2. The molecule has 0 spiro atoms. The second kappa shape index (κ2) is 11.3. The molecule has 2 rings (SSSR count). The van der Waals surface area contributed by atoms with Crippen molar-refractivity contribution in [2.45, 2.75) is 33.2 Å². The number of rotatable bonds is 9. The largest absolute Gasteiger partial charge is 0.339 e. The highest BCUT2D eigenvalue weighted by Crippen LogP contribution is 2.25. The Balaban J connectivity index is 2.11. The molecule has 30 heavy (non-hydrogen) atoms. The average molecular weight is 470 g/mol. The van der Waals surface area contributed by atoms with Gasteiger partial charge in [0.15, 0.2) is 0 Å². The van der Waals surface area contributed by atoms with Crippen molar-refractivity contribution in [3.05, 3.63) is 50.6 Å². The number of anilines is 1. The molecule has 3 amide bonds. The zero-order valence-electron chi connectivity index (χ0n) is 17.1. The molecule has 2 aromatic rings. The van der Waals surface area contributed by atoms with E-state index in [0.29, 0.717) is 33.6 Å². The highest BCUT2D eigenvalue weighted by molar-refractivity contribution is 7.12. The zero-order valence-corrected chi connectivity index (χ0v) is 19.4. The van der Waals surface area contributed by atoms with E-state index in [2.05, 4.69) is 10.6 Å². The van der Waals surface area contributed by atoms with Gasteiger partial charge in [0.1, 0.15) is 6.04 Å². The Morgan fingerprint density at radius 2 is 1.90 bits per heavy atom. The van der Waals surface area contributed by atoms with Gasteiger partial charge in [0.25, 0.3) is 5.91 Å². The minimum atomic E-state index is -0.742. The van der Waals surface area contributed by atoms with Gasteiger partial charge in [0, 0.05) is 11.6 Å². The maximum absolute atomic E-state index is 13.2. The van der Waals surface area contributed by atoms with Gasteiger partial charge < -0.3 is 15.5 Å². The van der Waals surface area contributed by atoms with Crippen LogP contribution in [0.2, 0.25) is 10.0 Å². The Morgan fingerprint density at radius 1 is 1.17 bits per heavy atom. The Kier molecular flexibility index (Phi) is 9.14. The van der Waals surface area contributed by atoms with Crippen LogP contribution in [0.3, 0.4) is 0 Å². The molecule has 0 bridgehead atoms. The van der Waals surface area contributed by atoms with Crippen LogP contribution in [0.5, 0.6) is 0 Å². The first-order valence-corrected chi connectivity index (χ1v) is 11.2. The molecular formula is C21H25Cl2N3O3S. The molecule has 0 saturated heterocycles. The Labute approximate surface area is 190 Å². The van der Waals surface area contributed by atoms with Crippen molar-refractivity contribution >= 4 is 57.9 Å². The number of thiophene rings is 1. The van der Waals surface area contributed by atoms with E-state index in [1.807, 2.05) is 20.8 Å². The highest BCUT2D eigenvalue weighted by atomic mass is 35.5. The number of carbonyl (C=O) groups is 3. The van der Waals surface area contributed by atoms with Crippen LogP contribution in [0.15, 0.2) is 35.7 Å². The van der Waals surface area contributed by atoms with Gasteiger partial charge in [0.05, 0.1) is 22.1 Å². The summed E-state index contributed by atoms with van der Waals surface area (Å²) in [5, 5.41) is 8.09. The van der Waals surface area contributed by atoms with Crippen LogP contribution in [0.25, 0.3) is 0 Å². The molecule has 0 saturated carbocycles. The predicted molar refractivity (Wildman–Crippen MR) is 122 cm³/mol. The van der Waals surface area contributed by atoms with Crippen molar-refractivity contribution in [3.8, 4) is 0 Å². The summed E-state index contributed by atoms with van der Waals surface area (Å²) in [6.45, 7) is 5.85. The molecule has 1 aromatic heterocycles. The number of hydrogen-bond acceptors (Lipinski definition) is 4. The molecule has 0 fully saturated rings. The van der Waals surface area contributed by atoms with E-state index < -0.39 is 11.9 Å². The Morgan fingerprint density at radius 3 is 2.50 bits per heavy atom. The lowest BCUT2D eigenvalue weighted by molar-refractivity contribution is -0.137. The van der Waals surface area contributed by atoms with Crippen molar-refractivity contribution in [2.75, 3.05) is 18.4 Å². The molecule has 0 aliphatic rings. The molecule has 1 atom stereocenters. The number of carbonyl (C=O) groups excluding carboxylic acids is 3. The number of amides is 3. The Bertz CT molecular complexity index is 888. The standard InChI is InChI=1S/C21H25Cl2N3O3S/c1-4-9-26(12-18(27)24-16-11-14(22)7-8-15(16)23)21(29)19(13(2)3)25-20(28)17-6-5-10-30-17/h5-8,10-11,13,19H,4,9,12H2,1-3H3,(H,24,27)(H,25,28). The number of halogens is 2. The van der Waals surface area contributed by atoms with Crippen LogP contribution in [0.4, 0.5) is 5.69 Å². The van der Waals surface area contributed by atoms with Crippen molar-refractivity contribution < 1.29 is 14.4 Å². The third-order valence-electron chi connectivity index (χ3n) is 4.31. The van der Waals surface area contributed by atoms with E-state index in [1.165, 1.54) is 16.2 Å². The smallest absolute Gasteiger partial charge is 0.262 e. The molecule has 0 aliphatic heterocycles. The normalized spacial score (nSPS) is 11.8. The zero-order chi connectivity index (χ0) is 22.3. The summed E-state index contributed by atoms with van der Waals surface area (Å²) in [4.78, 5) is 40.2. The van der Waals surface area contributed by atoms with Crippen LogP contribution >= 0.6 is 34.5 Å². The quantitative estimate of drug-likeness (QED) is 0.558. The van der Waals surface area contributed by atoms with E-state index in [4.69, 9.17) is 23.2 Å². The first kappa shape index (κ1) is 24.2. The van der Waals surface area contributed by atoms with Gasteiger partial charge in [-0.2, -0.15) is 0 Å². The number of nitrogens with zero attached hydrogens (tertiary/aromatic N) is 1. The van der Waals surface area contributed by atoms with Crippen LogP contribution in [-0.2, 0) is 9.59 Å². The van der Waals surface area contributed by atoms with Crippen LogP contribution in [0.1, 0.15) is 36.9 Å².